The first kappa shape index (κ1) is 17.7. The maximum Gasteiger partial charge on any atom is 0.387 e. The molecule has 8 heteroatoms. The number of ether oxygens (including phenoxy) is 3. The van der Waals surface area contributed by atoms with Crippen molar-refractivity contribution in [1.82, 2.24) is 5.32 Å². The van der Waals surface area contributed by atoms with Gasteiger partial charge in [-0.3, -0.25) is 4.79 Å². The molecular weight excluding hydrogens is 334 g/mol. The number of esters is 1. The van der Waals surface area contributed by atoms with Crippen molar-refractivity contribution in [1.29, 1.82) is 0 Å². The average molecular weight is 356 g/mol. The van der Waals surface area contributed by atoms with Gasteiger partial charge in [-0.25, -0.2) is 0 Å². The molecule has 1 unspecified atom stereocenters. The molecule has 2 aliphatic rings. The zero-order valence-corrected chi connectivity index (χ0v) is 14.0. The third kappa shape index (κ3) is 4.72. The standard InChI is InChI=1S/C17H22F2N2O4/c1-23-16(22)13-9-21(7-6-20-13)12-4-5-14(25-17(18)19)15(8-12)24-10-11-2-3-11/h4-5,8,11,13,17,20H,2-3,6-7,9-10H2,1H3. The van der Waals surface area contributed by atoms with Crippen LogP contribution in [0.5, 0.6) is 11.5 Å². The van der Waals surface area contributed by atoms with Crippen molar-refractivity contribution >= 4 is 11.7 Å². The van der Waals surface area contributed by atoms with Gasteiger partial charge in [0.1, 0.15) is 6.04 Å². The average Bonchev–Trinajstić information content (AvgIpc) is 3.44. The first-order chi connectivity index (χ1) is 12.1. The van der Waals surface area contributed by atoms with Gasteiger partial charge < -0.3 is 24.4 Å². The van der Waals surface area contributed by atoms with E-state index >= 15 is 0 Å². The molecule has 1 saturated carbocycles. The number of piperazine rings is 1. The number of anilines is 1. The second-order valence-electron chi connectivity index (χ2n) is 6.24. The van der Waals surface area contributed by atoms with E-state index in [4.69, 9.17) is 9.47 Å². The Morgan fingerprint density at radius 2 is 2.16 bits per heavy atom. The molecule has 138 valence electrons. The summed E-state index contributed by atoms with van der Waals surface area (Å²) in [7, 11) is 1.35. The summed E-state index contributed by atoms with van der Waals surface area (Å²) in [5, 5.41) is 3.10. The summed E-state index contributed by atoms with van der Waals surface area (Å²) in [6.07, 6.45) is 2.20. The number of alkyl halides is 2. The molecule has 1 saturated heterocycles. The topological polar surface area (TPSA) is 60.0 Å². The number of nitrogens with zero attached hydrogens (tertiary/aromatic N) is 1. The van der Waals surface area contributed by atoms with Crippen molar-refractivity contribution < 1.29 is 27.8 Å². The number of hydrogen-bond acceptors (Lipinski definition) is 6. The number of carbonyl (C=O) groups is 1. The summed E-state index contributed by atoms with van der Waals surface area (Å²) in [4.78, 5) is 13.7. The molecule has 25 heavy (non-hydrogen) atoms. The third-order valence-corrected chi connectivity index (χ3v) is 4.34. The summed E-state index contributed by atoms with van der Waals surface area (Å²) >= 11 is 0. The number of hydrogen-bond donors (Lipinski definition) is 1. The second kappa shape index (κ2) is 7.86. The molecule has 1 aliphatic heterocycles. The number of benzene rings is 1. The van der Waals surface area contributed by atoms with Gasteiger partial charge in [0.05, 0.1) is 13.7 Å². The van der Waals surface area contributed by atoms with Gasteiger partial charge in [0.25, 0.3) is 0 Å². The highest BCUT2D eigenvalue weighted by atomic mass is 19.3. The van der Waals surface area contributed by atoms with Crippen LogP contribution in [0.3, 0.4) is 0 Å². The van der Waals surface area contributed by atoms with E-state index in [-0.39, 0.29) is 11.7 Å². The maximum atomic E-state index is 12.6. The Morgan fingerprint density at radius 1 is 1.36 bits per heavy atom. The van der Waals surface area contributed by atoms with E-state index in [0.29, 0.717) is 37.9 Å². The zero-order chi connectivity index (χ0) is 17.8. The van der Waals surface area contributed by atoms with Crippen molar-refractivity contribution in [3.05, 3.63) is 18.2 Å². The molecule has 0 amide bonds. The van der Waals surface area contributed by atoms with Gasteiger partial charge >= 0.3 is 12.6 Å². The minimum atomic E-state index is -2.91. The molecule has 1 aliphatic carbocycles. The first-order valence-corrected chi connectivity index (χ1v) is 8.34. The van der Waals surface area contributed by atoms with Gasteiger partial charge in [-0.2, -0.15) is 8.78 Å². The monoisotopic (exact) mass is 356 g/mol. The Morgan fingerprint density at radius 3 is 2.84 bits per heavy atom. The molecule has 3 rings (SSSR count). The fourth-order valence-electron chi connectivity index (χ4n) is 2.78. The molecule has 1 aromatic carbocycles. The number of halogens is 2. The van der Waals surface area contributed by atoms with Crippen LogP contribution in [0.4, 0.5) is 14.5 Å². The molecule has 1 atom stereocenters. The maximum absolute atomic E-state index is 12.6. The molecule has 0 spiro atoms. The van der Waals surface area contributed by atoms with Gasteiger partial charge in [-0.1, -0.05) is 0 Å². The lowest BCUT2D eigenvalue weighted by atomic mass is 10.1. The molecule has 0 aromatic heterocycles. The molecule has 1 aromatic rings. The van der Waals surface area contributed by atoms with Crippen LogP contribution in [0.1, 0.15) is 12.8 Å². The normalized spacial score (nSPS) is 20.5. The Labute approximate surface area is 145 Å². The molecule has 6 nitrogen and oxygen atoms in total. The fraction of sp³-hybridized carbons (Fsp3) is 0.588. The van der Waals surface area contributed by atoms with Crippen LogP contribution >= 0.6 is 0 Å². The van der Waals surface area contributed by atoms with Crippen LogP contribution in [-0.2, 0) is 9.53 Å². The first-order valence-electron chi connectivity index (χ1n) is 8.34. The fourth-order valence-corrected chi connectivity index (χ4v) is 2.78. The summed E-state index contributed by atoms with van der Waals surface area (Å²) in [5.74, 6) is 0.496. The van der Waals surface area contributed by atoms with Crippen molar-refractivity contribution in [2.24, 2.45) is 5.92 Å². The predicted molar refractivity (Wildman–Crippen MR) is 87.3 cm³/mol. The molecular formula is C17H22F2N2O4. The number of nitrogens with one attached hydrogen (secondary N) is 1. The highest BCUT2D eigenvalue weighted by Crippen LogP contribution is 2.36. The van der Waals surface area contributed by atoms with E-state index in [1.54, 1.807) is 12.1 Å². The van der Waals surface area contributed by atoms with E-state index < -0.39 is 12.7 Å². The molecule has 0 radical (unpaired) electrons. The zero-order valence-electron chi connectivity index (χ0n) is 14.0. The van der Waals surface area contributed by atoms with Crippen LogP contribution in [0, 0.1) is 5.92 Å². The van der Waals surface area contributed by atoms with Crippen molar-refractivity contribution in [3.63, 3.8) is 0 Å². The predicted octanol–water partition coefficient (Wildman–Crippen LogP) is 2.03. The minimum absolute atomic E-state index is 0.0269. The quantitative estimate of drug-likeness (QED) is 0.755. The number of carbonyl (C=O) groups excluding carboxylic acids is 1. The van der Waals surface area contributed by atoms with Crippen LogP contribution in [0.25, 0.3) is 0 Å². The molecule has 1 heterocycles. The molecule has 0 bridgehead atoms. The van der Waals surface area contributed by atoms with Crippen molar-refractivity contribution in [2.45, 2.75) is 25.5 Å². The van der Waals surface area contributed by atoms with Gasteiger partial charge in [0.15, 0.2) is 11.5 Å². The van der Waals surface area contributed by atoms with Crippen LogP contribution in [0.15, 0.2) is 18.2 Å². The lowest BCUT2D eigenvalue weighted by molar-refractivity contribution is -0.143. The van der Waals surface area contributed by atoms with E-state index in [2.05, 4.69) is 10.1 Å². The van der Waals surface area contributed by atoms with E-state index in [1.165, 1.54) is 13.2 Å². The molecule has 1 N–H and O–H groups in total. The Balaban J connectivity index is 1.75. The third-order valence-electron chi connectivity index (χ3n) is 4.34. The van der Waals surface area contributed by atoms with Crippen LogP contribution < -0.4 is 19.7 Å². The lowest BCUT2D eigenvalue weighted by Crippen LogP contribution is -2.54. The smallest absolute Gasteiger partial charge is 0.387 e. The SMILES string of the molecule is COC(=O)C1CN(c2ccc(OC(F)F)c(OCC3CC3)c2)CCN1. The van der Waals surface area contributed by atoms with Gasteiger partial charge in [-0.15, -0.1) is 0 Å². The highest BCUT2D eigenvalue weighted by Gasteiger charge is 2.27. The highest BCUT2D eigenvalue weighted by molar-refractivity contribution is 5.77. The Kier molecular flexibility index (Phi) is 5.57. The van der Waals surface area contributed by atoms with Crippen LogP contribution in [-0.4, -0.2) is 52.0 Å². The van der Waals surface area contributed by atoms with Gasteiger partial charge in [0, 0.05) is 31.4 Å². The van der Waals surface area contributed by atoms with Gasteiger partial charge in [0.2, 0.25) is 0 Å². The van der Waals surface area contributed by atoms with E-state index in [0.717, 1.165) is 18.5 Å². The lowest BCUT2D eigenvalue weighted by Gasteiger charge is -2.34. The Hall–Kier alpha value is -2.09. The summed E-state index contributed by atoms with van der Waals surface area (Å²) in [5.41, 5.74) is 0.794. The van der Waals surface area contributed by atoms with E-state index in [1.807, 2.05) is 4.90 Å². The Bertz CT molecular complexity index is 610. The van der Waals surface area contributed by atoms with Crippen molar-refractivity contribution in [3.8, 4) is 11.5 Å². The van der Waals surface area contributed by atoms with E-state index in [9.17, 15) is 13.6 Å². The largest absolute Gasteiger partial charge is 0.489 e. The number of rotatable bonds is 7. The van der Waals surface area contributed by atoms with Crippen molar-refractivity contribution in [2.75, 3.05) is 38.3 Å². The molecule has 2 fully saturated rings. The van der Waals surface area contributed by atoms with Crippen LogP contribution in [0.2, 0.25) is 0 Å². The number of methoxy groups -OCH3 is 1. The second-order valence-corrected chi connectivity index (χ2v) is 6.24. The minimum Gasteiger partial charge on any atom is -0.489 e. The summed E-state index contributed by atoms with van der Waals surface area (Å²) < 4.78 is 40.2. The van der Waals surface area contributed by atoms with Gasteiger partial charge in [-0.05, 0) is 30.9 Å². The summed E-state index contributed by atoms with van der Waals surface area (Å²) in [6.45, 7) is -0.672. The summed E-state index contributed by atoms with van der Waals surface area (Å²) in [6, 6.07) is 4.45.